The van der Waals surface area contributed by atoms with E-state index in [9.17, 15) is 0 Å². The zero-order valence-corrected chi connectivity index (χ0v) is 14.3. The van der Waals surface area contributed by atoms with Crippen LogP contribution in [0.2, 0.25) is 10.0 Å². The highest BCUT2D eigenvalue weighted by Gasteiger charge is 2.04. The molecule has 0 radical (unpaired) electrons. The van der Waals surface area contributed by atoms with Crippen molar-refractivity contribution in [3.05, 3.63) is 40.1 Å². The van der Waals surface area contributed by atoms with E-state index >= 15 is 0 Å². The molecule has 1 heterocycles. The predicted molar refractivity (Wildman–Crippen MR) is 93.6 cm³/mol. The first-order valence-corrected chi connectivity index (χ1v) is 7.66. The molecule has 0 aliphatic heterocycles. The number of likely N-dealkylation sites (N-methyl/N-ethyl adjacent to an activating group) is 1. The van der Waals surface area contributed by atoms with Gasteiger partial charge in [-0.15, -0.1) is 0 Å². The van der Waals surface area contributed by atoms with Gasteiger partial charge in [-0.25, -0.2) is 9.97 Å². The predicted octanol–water partition coefficient (Wildman–Crippen LogP) is 3.81. The molecular formula is C15H19Cl2N5. The van der Waals surface area contributed by atoms with Crippen LogP contribution in [0.25, 0.3) is 0 Å². The molecule has 0 aliphatic rings. The Morgan fingerprint density at radius 1 is 1.05 bits per heavy atom. The first kappa shape index (κ1) is 16.8. The van der Waals surface area contributed by atoms with Gasteiger partial charge in [0.05, 0.1) is 10.0 Å². The van der Waals surface area contributed by atoms with Crippen molar-refractivity contribution in [2.75, 3.05) is 37.8 Å². The van der Waals surface area contributed by atoms with Crippen molar-refractivity contribution in [3.8, 4) is 0 Å². The van der Waals surface area contributed by atoms with Crippen molar-refractivity contribution in [1.82, 2.24) is 14.9 Å². The second-order valence-electron chi connectivity index (χ2n) is 5.17. The van der Waals surface area contributed by atoms with Gasteiger partial charge in [-0.3, -0.25) is 0 Å². The first-order chi connectivity index (χ1) is 10.4. The Morgan fingerprint density at radius 2 is 1.77 bits per heavy atom. The fourth-order valence-electron chi connectivity index (χ4n) is 1.85. The number of aromatic nitrogens is 2. The van der Waals surface area contributed by atoms with Crippen LogP contribution in [0.3, 0.4) is 0 Å². The molecule has 0 aliphatic carbocycles. The van der Waals surface area contributed by atoms with Gasteiger partial charge in [-0.05, 0) is 39.2 Å². The monoisotopic (exact) mass is 339 g/mol. The Kier molecular flexibility index (Phi) is 5.83. The Bertz CT molecular complexity index is 646. The fourth-order valence-corrected chi connectivity index (χ4v) is 2.15. The van der Waals surface area contributed by atoms with E-state index in [2.05, 4.69) is 25.5 Å². The first-order valence-electron chi connectivity index (χ1n) is 6.90. The van der Waals surface area contributed by atoms with Crippen LogP contribution in [0.5, 0.6) is 0 Å². The van der Waals surface area contributed by atoms with Crippen LogP contribution in [-0.4, -0.2) is 42.1 Å². The van der Waals surface area contributed by atoms with Crippen LogP contribution in [0.15, 0.2) is 24.3 Å². The molecule has 0 bridgehead atoms. The van der Waals surface area contributed by atoms with Gasteiger partial charge in [0.25, 0.3) is 0 Å². The molecule has 2 aromatic rings. The molecule has 7 heteroatoms. The van der Waals surface area contributed by atoms with Gasteiger partial charge in [0.1, 0.15) is 17.5 Å². The van der Waals surface area contributed by atoms with E-state index in [-0.39, 0.29) is 0 Å². The standard InChI is InChI=1S/C15H19Cl2N5/c1-10-19-14(18-6-7-22(2)3)9-15(20-10)21-11-4-5-12(16)13(17)8-11/h4-5,8-9H,6-7H2,1-3H3,(H2,18,19,20,21). The van der Waals surface area contributed by atoms with Crippen molar-refractivity contribution in [1.29, 1.82) is 0 Å². The van der Waals surface area contributed by atoms with Gasteiger partial charge in [0.2, 0.25) is 0 Å². The topological polar surface area (TPSA) is 53.1 Å². The maximum absolute atomic E-state index is 6.02. The van der Waals surface area contributed by atoms with E-state index in [1.165, 1.54) is 0 Å². The van der Waals surface area contributed by atoms with E-state index in [1.807, 2.05) is 33.2 Å². The summed E-state index contributed by atoms with van der Waals surface area (Å²) in [5.41, 5.74) is 0.826. The Hall–Kier alpha value is -1.56. The number of nitrogens with one attached hydrogen (secondary N) is 2. The third-order valence-corrected chi connectivity index (χ3v) is 3.63. The molecule has 2 rings (SSSR count). The molecule has 5 nitrogen and oxygen atoms in total. The van der Waals surface area contributed by atoms with Gasteiger partial charge < -0.3 is 15.5 Å². The number of hydrogen-bond acceptors (Lipinski definition) is 5. The summed E-state index contributed by atoms with van der Waals surface area (Å²) in [6.45, 7) is 3.60. The summed E-state index contributed by atoms with van der Waals surface area (Å²) in [5.74, 6) is 2.19. The molecule has 0 saturated heterocycles. The van der Waals surface area contributed by atoms with Gasteiger partial charge in [0.15, 0.2) is 0 Å². The lowest BCUT2D eigenvalue weighted by Gasteiger charge is -2.13. The number of benzene rings is 1. The molecule has 0 unspecified atom stereocenters. The van der Waals surface area contributed by atoms with Crippen molar-refractivity contribution in [3.63, 3.8) is 0 Å². The third-order valence-electron chi connectivity index (χ3n) is 2.90. The van der Waals surface area contributed by atoms with Crippen molar-refractivity contribution >= 4 is 40.5 Å². The quantitative estimate of drug-likeness (QED) is 0.838. The molecule has 118 valence electrons. The highest BCUT2D eigenvalue weighted by molar-refractivity contribution is 6.42. The molecule has 22 heavy (non-hydrogen) atoms. The summed E-state index contributed by atoms with van der Waals surface area (Å²) >= 11 is 11.9. The van der Waals surface area contributed by atoms with E-state index in [4.69, 9.17) is 23.2 Å². The average molecular weight is 340 g/mol. The highest BCUT2D eigenvalue weighted by atomic mass is 35.5. The minimum Gasteiger partial charge on any atom is -0.369 e. The number of halogens is 2. The SMILES string of the molecule is Cc1nc(NCCN(C)C)cc(Nc2ccc(Cl)c(Cl)c2)n1. The molecular weight excluding hydrogens is 321 g/mol. The van der Waals surface area contributed by atoms with Gasteiger partial charge in [-0.1, -0.05) is 23.2 Å². The third kappa shape index (κ3) is 5.02. The number of nitrogens with zero attached hydrogens (tertiary/aromatic N) is 3. The van der Waals surface area contributed by atoms with Crippen molar-refractivity contribution in [2.24, 2.45) is 0 Å². The molecule has 1 aromatic carbocycles. The Morgan fingerprint density at radius 3 is 2.45 bits per heavy atom. The van der Waals surface area contributed by atoms with Crippen molar-refractivity contribution < 1.29 is 0 Å². The summed E-state index contributed by atoms with van der Waals surface area (Å²) in [6, 6.07) is 7.23. The minimum atomic E-state index is 0.502. The molecule has 0 amide bonds. The minimum absolute atomic E-state index is 0.502. The normalized spacial score (nSPS) is 10.8. The zero-order valence-electron chi connectivity index (χ0n) is 12.8. The maximum atomic E-state index is 6.02. The van der Waals surface area contributed by atoms with Crippen LogP contribution < -0.4 is 10.6 Å². The van der Waals surface area contributed by atoms with Crippen LogP contribution in [0, 0.1) is 6.92 Å². The molecule has 0 fully saturated rings. The lowest BCUT2D eigenvalue weighted by atomic mass is 10.3. The zero-order chi connectivity index (χ0) is 16.1. The second-order valence-corrected chi connectivity index (χ2v) is 5.98. The highest BCUT2D eigenvalue weighted by Crippen LogP contribution is 2.26. The van der Waals surface area contributed by atoms with Gasteiger partial charge in [-0.2, -0.15) is 0 Å². The Labute approximate surface area is 140 Å². The lowest BCUT2D eigenvalue weighted by Crippen LogP contribution is -2.21. The number of anilines is 3. The fraction of sp³-hybridized carbons (Fsp3) is 0.333. The number of hydrogen-bond donors (Lipinski definition) is 2. The maximum Gasteiger partial charge on any atom is 0.136 e. The van der Waals surface area contributed by atoms with E-state index in [0.717, 1.165) is 24.6 Å². The molecule has 0 atom stereocenters. The molecule has 2 N–H and O–H groups in total. The van der Waals surface area contributed by atoms with Crippen LogP contribution in [-0.2, 0) is 0 Å². The van der Waals surface area contributed by atoms with Crippen molar-refractivity contribution in [2.45, 2.75) is 6.92 Å². The Balaban J connectivity index is 2.10. The van der Waals surface area contributed by atoms with Gasteiger partial charge >= 0.3 is 0 Å². The second kappa shape index (κ2) is 7.63. The van der Waals surface area contributed by atoms with Crippen LogP contribution >= 0.6 is 23.2 Å². The van der Waals surface area contributed by atoms with E-state index in [1.54, 1.807) is 12.1 Å². The summed E-state index contributed by atoms with van der Waals surface area (Å²) < 4.78 is 0. The van der Waals surface area contributed by atoms with Crippen LogP contribution in [0.1, 0.15) is 5.82 Å². The van der Waals surface area contributed by atoms with Gasteiger partial charge in [0, 0.05) is 24.8 Å². The number of aryl methyl sites for hydroxylation is 1. The molecule has 0 spiro atoms. The lowest BCUT2D eigenvalue weighted by molar-refractivity contribution is 0.425. The number of rotatable bonds is 6. The van der Waals surface area contributed by atoms with E-state index < -0.39 is 0 Å². The summed E-state index contributed by atoms with van der Waals surface area (Å²) in [4.78, 5) is 10.9. The summed E-state index contributed by atoms with van der Waals surface area (Å²) in [6.07, 6.45) is 0. The van der Waals surface area contributed by atoms with Crippen LogP contribution in [0.4, 0.5) is 17.3 Å². The summed E-state index contributed by atoms with van der Waals surface area (Å²) in [5, 5.41) is 7.52. The average Bonchev–Trinajstić information content (AvgIpc) is 2.42. The van der Waals surface area contributed by atoms with E-state index in [0.29, 0.717) is 21.7 Å². The smallest absolute Gasteiger partial charge is 0.136 e. The summed E-state index contributed by atoms with van der Waals surface area (Å²) in [7, 11) is 4.06. The molecule has 0 saturated carbocycles. The molecule has 1 aromatic heterocycles. The largest absolute Gasteiger partial charge is 0.369 e.